The minimum absolute atomic E-state index is 0.416. The van der Waals surface area contributed by atoms with Gasteiger partial charge in [0.05, 0.1) is 0 Å². The SMILES string of the molecule is CC[C@]12C=CC=CC1=C(C)CC2. The maximum Gasteiger partial charge on any atom is 0.0135 e. The number of hydrogen-bond acceptors (Lipinski definition) is 0. The molecule has 0 saturated heterocycles. The monoisotopic (exact) mass is 160 g/mol. The molecular weight excluding hydrogens is 144 g/mol. The minimum Gasteiger partial charge on any atom is -0.0739 e. The molecular formula is C12H16. The Labute approximate surface area is 74.7 Å². The van der Waals surface area contributed by atoms with E-state index in [9.17, 15) is 0 Å². The van der Waals surface area contributed by atoms with Crippen molar-refractivity contribution in [3.05, 3.63) is 35.5 Å². The van der Waals surface area contributed by atoms with Gasteiger partial charge in [-0.15, -0.1) is 0 Å². The first kappa shape index (κ1) is 7.85. The second kappa shape index (κ2) is 2.62. The van der Waals surface area contributed by atoms with Crippen LogP contribution in [0.25, 0.3) is 0 Å². The average molecular weight is 160 g/mol. The van der Waals surface area contributed by atoms with Crippen LogP contribution in [-0.2, 0) is 0 Å². The second-order valence-corrected chi connectivity index (χ2v) is 3.92. The summed E-state index contributed by atoms with van der Waals surface area (Å²) in [5.74, 6) is 0. The molecule has 0 aromatic heterocycles. The summed E-state index contributed by atoms with van der Waals surface area (Å²) in [6.45, 7) is 4.57. The van der Waals surface area contributed by atoms with Crippen molar-refractivity contribution in [3.63, 3.8) is 0 Å². The van der Waals surface area contributed by atoms with Crippen molar-refractivity contribution in [3.8, 4) is 0 Å². The van der Waals surface area contributed by atoms with Crippen LogP contribution < -0.4 is 0 Å². The third-order valence-corrected chi connectivity index (χ3v) is 3.36. The smallest absolute Gasteiger partial charge is 0.0135 e. The molecule has 0 fully saturated rings. The van der Waals surface area contributed by atoms with Gasteiger partial charge in [-0.2, -0.15) is 0 Å². The van der Waals surface area contributed by atoms with Crippen LogP contribution in [0.5, 0.6) is 0 Å². The van der Waals surface area contributed by atoms with Gasteiger partial charge in [-0.3, -0.25) is 0 Å². The van der Waals surface area contributed by atoms with Crippen molar-refractivity contribution < 1.29 is 0 Å². The molecule has 2 rings (SSSR count). The molecule has 2 aliphatic carbocycles. The Morgan fingerprint density at radius 3 is 2.92 bits per heavy atom. The fourth-order valence-electron chi connectivity index (χ4n) is 2.46. The van der Waals surface area contributed by atoms with Crippen molar-refractivity contribution in [1.82, 2.24) is 0 Å². The molecule has 0 amide bonds. The standard InChI is InChI=1S/C12H16/c1-3-12-8-5-4-6-11(12)10(2)7-9-12/h4-6,8H,3,7,9H2,1-2H3/t12-/m1/s1. The summed E-state index contributed by atoms with van der Waals surface area (Å²) >= 11 is 0. The molecule has 64 valence electrons. The molecule has 0 radical (unpaired) electrons. The van der Waals surface area contributed by atoms with Gasteiger partial charge in [-0.1, -0.05) is 36.8 Å². The Morgan fingerprint density at radius 2 is 2.25 bits per heavy atom. The van der Waals surface area contributed by atoms with E-state index < -0.39 is 0 Å². The number of fused-ring (bicyclic) bond motifs is 1. The van der Waals surface area contributed by atoms with Gasteiger partial charge in [0.1, 0.15) is 0 Å². The van der Waals surface area contributed by atoms with Gasteiger partial charge in [0.25, 0.3) is 0 Å². The Hall–Kier alpha value is -0.780. The van der Waals surface area contributed by atoms with Crippen LogP contribution in [0.4, 0.5) is 0 Å². The van der Waals surface area contributed by atoms with Crippen LogP contribution in [0.1, 0.15) is 33.1 Å². The molecule has 0 N–H and O–H groups in total. The maximum atomic E-state index is 2.39. The molecule has 0 heterocycles. The molecule has 0 nitrogen and oxygen atoms in total. The van der Waals surface area contributed by atoms with Crippen molar-refractivity contribution in [2.75, 3.05) is 0 Å². The second-order valence-electron chi connectivity index (χ2n) is 3.92. The van der Waals surface area contributed by atoms with E-state index in [0.717, 1.165) is 0 Å². The van der Waals surface area contributed by atoms with E-state index in [-0.39, 0.29) is 0 Å². The van der Waals surface area contributed by atoms with E-state index in [0.29, 0.717) is 5.41 Å². The Morgan fingerprint density at radius 1 is 1.42 bits per heavy atom. The molecule has 1 atom stereocenters. The summed E-state index contributed by atoms with van der Waals surface area (Å²) < 4.78 is 0. The first-order chi connectivity index (χ1) is 5.78. The van der Waals surface area contributed by atoms with Crippen LogP contribution in [0.2, 0.25) is 0 Å². The molecule has 0 bridgehead atoms. The highest BCUT2D eigenvalue weighted by Crippen LogP contribution is 2.48. The average Bonchev–Trinajstić information content (AvgIpc) is 2.46. The summed E-state index contributed by atoms with van der Waals surface area (Å²) in [4.78, 5) is 0. The van der Waals surface area contributed by atoms with Gasteiger partial charge in [0.15, 0.2) is 0 Å². The van der Waals surface area contributed by atoms with Gasteiger partial charge < -0.3 is 0 Å². The van der Waals surface area contributed by atoms with Gasteiger partial charge in [0.2, 0.25) is 0 Å². The largest absolute Gasteiger partial charge is 0.0739 e. The van der Waals surface area contributed by atoms with Crippen molar-refractivity contribution in [1.29, 1.82) is 0 Å². The van der Waals surface area contributed by atoms with Crippen molar-refractivity contribution >= 4 is 0 Å². The zero-order chi connectivity index (χ0) is 8.60. The van der Waals surface area contributed by atoms with Gasteiger partial charge in [-0.05, 0) is 31.8 Å². The summed E-state index contributed by atoms with van der Waals surface area (Å²) in [5.41, 5.74) is 3.60. The number of rotatable bonds is 1. The predicted octanol–water partition coefficient (Wildman–Crippen LogP) is 3.62. The normalized spacial score (nSPS) is 32.8. The van der Waals surface area contributed by atoms with Crippen LogP contribution in [0, 0.1) is 5.41 Å². The fraction of sp³-hybridized carbons (Fsp3) is 0.500. The summed E-state index contributed by atoms with van der Waals surface area (Å²) in [5, 5.41) is 0. The van der Waals surface area contributed by atoms with Crippen LogP contribution >= 0.6 is 0 Å². The quantitative estimate of drug-likeness (QED) is 0.549. The van der Waals surface area contributed by atoms with Crippen LogP contribution in [0.15, 0.2) is 35.5 Å². The topological polar surface area (TPSA) is 0 Å². The molecule has 0 aliphatic heterocycles. The molecule has 2 aliphatic rings. The van der Waals surface area contributed by atoms with Crippen molar-refractivity contribution in [2.24, 2.45) is 5.41 Å². The van der Waals surface area contributed by atoms with Gasteiger partial charge >= 0.3 is 0 Å². The lowest BCUT2D eigenvalue weighted by Gasteiger charge is -2.28. The third kappa shape index (κ3) is 0.906. The Balaban J connectivity index is 2.46. The predicted molar refractivity (Wildman–Crippen MR) is 52.9 cm³/mol. The maximum absolute atomic E-state index is 2.39. The van der Waals surface area contributed by atoms with Crippen molar-refractivity contribution in [2.45, 2.75) is 33.1 Å². The highest BCUT2D eigenvalue weighted by molar-refractivity contribution is 5.44. The Bertz CT molecular complexity index is 278. The van der Waals surface area contributed by atoms with E-state index in [4.69, 9.17) is 0 Å². The molecule has 0 aromatic rings. The zero-order valence-corrected chi connectivity index (χ0v) is 7.93. The molecule has 12 heavy (non-hydrogen) atoms. The zero-order valence-electron chi connectivity index (χ0n) is 7.93. The van der Waals surface area contributed by atoms with E-state index in [1.165, 1.54) is 19.3 Å². The van der Waals surface area contributed by atoms with Gasteiger partial charge in [0, 0.05) is 5.41 Å². The lowest BCUT2D eigenvalue weighted by Crippen LogP contribution is -2.16. The van der Waals surface area contributed by atoms with E-state index in [2.05, 4.69) is 38.2 Å². The van der Waals surface area contributed by atoms with E-state index >= 15 is 0 Å². The van der Waals surface area contributed by atoms with Crippen LogP contribution in [-0.4, -0.2) is 0 Å². The lowest BCUT2D eigenvalue weighted by molar-refractivity contribution is 0.444. The Kier molecular flexibility index (Phi) is 1.71. The summed E-state index contributed by atoms with van der Waals surface area (Å²) in [7, 11) is 0. The third-order valence-electron chi connectivity index (χ3n) is 3.36. The highest BCUT2D eigenvalue weighted by Gasteiger charge is 2.34. The summed E-state index contributed by atoms with van der Waals surface area (Å²) in [6, 6.07) is 0. The fourth-order valence-corrected chi connectivity index (χ4v) is 2.46. The van der Waals surface area contributed by atoms with Crippen LogP contribution in [0.3, 0.4) is 0 Å². The number of allylic oxidation sites excluding steroid dienone is 6. The van der Waals surface area contributed by atoms with Gasteiger partial charge in [-0.25, -0.2) is 0 Å². The molecule has 0 spiro atoms. The molecule has 0 heteroatoms. The summed E-state index contributed by atoms with van der Waals surface area (Å²) in [6.07, 6.45) is 12.9. The lowest BCUT2D eigenvalue weighted by atomic mass is 9.76. The minimum atomic E-state index is 0.416. The first-order valence-electron chi connectivity index (χ1n) is 4.85. The molecule has 0 unspecified atom stereocenters. The van der Waals surface area contributed by atoms with E-state index in [1.54, 1.807) is 11.1 Å². The van der Waals surface area contributed by atoms with E-state index in [1.807, 2.05) is 0 Å². The molecule has 0 saturated carbocycles. The highest BCUT2D eigenvalue weighted by atomic mass is 14.4. The molecule has 0 aromatic carbocycles. The number of hydrogen-bond donors (Lipinski definition) is 0. The first-order valence-corrected chi connectivity index (χ1v) is 4.85.